The highest BCUT2D eigenvalue weighted by Gasteiger charge is 2.19. The van der Waals surface area contributed by atoms with Gasteiger partial charge in [0.1, 0.15) is 0 Å². The summed E-state index contributed by atoms with van der Waals surface area (Å²) in [6, 6.07) is 11.5. The van der Waals surface area contributed by atoms with Gasteiger partial charge in [0.25, 0.3) is 0 Å². The van der Waals surface area contributed by atoms with E-state index >= 15 is 0 Å². The highest BCUT2D eigenvalue weighted by molar-refractivity contribution is 5.76. The lowest BCUT2D eigenvalue weighted by molar-refractivity contribution is 0.154. The fourth-order valence-corrected chi connectivity index (χ4v) is 3.23. The number of hydrogen-bond donors (Lipinski definition) is 1. The van der Waals surface area contributed by atoms with Crippen molar-refractivity contribution in [3.05, 3.63) is 52.4 Å². The van der Waals surface area contributed by atoms with E-state index in [-0.39, 0.29) is 11.1 Å². The molecule has 148 valence electrons. The summed E-state index contributed by atoms with van der Waals surface area (Å²) >= 11 is 0. The molecule has 0 radical (unpaired) electrons. The van der Waals surface area contributed by atoms with Gasteiger partial charge in [-0.15, -0.1) is 0 Å². The van der Waals surface area contributed by atoms with Crippen LogP contribution in [0.1, 0.15) is 26.3 Å². The molecule has 0 spiro atoms. The van der Waals surface area contributed by atoms with Crippen LogP contribution in [0.15, 0.2) is 41.2 Å². The number of rotatable bonds is 4. The van der Waals surface area contributed by atoms with Crippen molar-refractivity contribution in [3.63, 3.8) is 0 Å². The third-order valence-corrected chi connectivity index (χ3v) is 4.58. The molecule has 7 nitrogen and oxygen atoms in total. The molecule has 2 heterocycles. The van der Waals surface area contributed by atoms with Crippen LogP contribution >= 0.6 is 0 Å². The van der Waals surface area contributed by atoms with Gasteiger partial charge in [-0.3, -0.25) is 9.13 Å². The molecule has 1 amide bonds. The molecule has 0 unspecified atom stereocenters. The Morgan fingerprint density at radius 1 is 1.21 bits per heavy atom. The van der Waals surface area contributed by atoms with Gasteiger partial charge in [-0.05, 0) is 29.2 Å². The van der Waals surface area contributed by atoms with Crippen LogP contribution < -0.4 is 5.69 Å². The van der Waals surface area contributed by atoms with Crippen molar-refractivity contribution in [2.75, 3.05) is 7.05 Å². The average molecular weight is 382 g/mol. The van der Waals surface area contributed by atoms with Gasteiger partial charge >= 0.3 is 11.8 Å². The van der Waals surface area contributed by atoms with E-state index in [0.717, 1.165) is 22.3 Å². The molecule has 0 saturated heterocycles. The maximum atomic E-state index is 12.7. The SMILES string of the molecule is CN(Cc1cccc(-c2ccc3c(n2)n(C)c(=O)n3CC(C)(C)C)c1)C(=O)O. The predicted molar refractivity (Wildman–Crippen MR) is 109 cm³/mol. The Morgan fingerprint density at radius 3 is 2.57 bits per heavy atom. The summed E-state index contributed by atoms with van der Waals surface area (Å²) in [4.78, 5) is 29.7. The van der Waals surface area contributed by atoms with Gasteiger partial charge in [-0.25, -0.2) is 14.6 Å². The van der Waals surface area contributed by atoms with E-state index in [2.05, 4.69) is 20.8 Å². The van der Waals surface area contributed by atoms with E-state index in [1.807, 2.05) is 36.4 Å². The number of fused-ring (bicyclic) bond motifs is 1. The molecule has 0 fully saturated rings. The van der Waals surface area contributed by atoms with Crippen molar-refractivity contribution in [1.82, 2.24) is 19.0 Å². The lowest BCUT2D eigenvalue weighted by atomic mass is 9.97. The number of carboxylic acid groups (broad SMARTS) is 1. The quantitative estimate of drug-likeness (QED) is 0.748. The first-order valence-electron chi connectivity index (χ1n) is 9.16. The minimum Gasteiger partial charge on any atom is -0.465 e. The third kappa shape index (κ3) is 3.93. The minimum atomic E-state index is -0.972. The van der Waals surface area contributed by atoms with Crippen molar-refractivity contribution in [2.24, 2.45) is 12.5 Å². The van der Waals surface area contributed by atoms with Gasteiger partial charge in [0.2, 0.25) is 0 Å². The Bertz CT molecular complexity index is 1090. The number of aromatic nitrogens is 3. The molecule has 0 bridgehead atoms. The lowest BCUT2D eigenvalue weighted by Gasteiger charge is -2.18. The monoisotopic (exact) mass is 382 g/mol. The zero-order chi connectivity index (χ0) is 20.6. The lowest BCUT2D eigenvalue weighted by Crippen LogP contribution is -2.27. The molecule has 0 aliphatic carbocycles. The van der Waals surface area contributed by atoms with E-state index in [9.17, 15) is 9.59 Å². The van der Waals surface area contributed by atoms with E-state index in [1.165, 1.54) is 11.9 Å². The van der Waals surface area contributed by atoms with Crippen LogP contribution in [0, 0.1) is 5.41 Å². The van der Waals surface area contributed by atoms with Gasteiger partial charge in [0.15, 0.2) is 5.65 Å². The summed E-state index contributed by atoms with van der Waals surface area (Å²) in [7, 11) is 3.27. The molecule has 2 aromatic heterocycles. The normalized spacial score (nSPS) is 11.8. The molecule has 3 aromatic rings. The molecular formula is C21H26N4O3. The van der Waals surface area contributed by atoms with Gasteiger partial charge in [0, 0.05) is 32.7 Å². The minimum absolute atomic E-state index is 0.0265. The van der Waals surface area contributed by atoms with Crippen LogP contribution in [0.3, 0.4) is 0 Å². The summed E-state index contributed by atoms with van der Waals surface area (Å²) in [6.45, 7) is 7.20. The number of carbonyl (C=O) groups is 1. The smallest absolute Gasteiger partial charge is 0.407 e. The largest absolute Gasteiger partial charge is 0.465 e. The van der Waals surface area contributed by atoms with Gasteiger partial charge in [0.05, 0.1) is 11.2 Å². The Hall–Kier alpha value is -3.09. The molecule has 7 heteroatoms. The molecule has 3 rings (SSSR count). The van der Waals surface area contributed by atoms with Crippen LogP contribution in [-0.2, 0) is 20.1 Å². The molecule has 0 saturated carbocycles. The van der Waals surface area contributed by atoms with Crippen LogP contribution in [0.2, 0.25) is 0 Å². The van der Waals surface area contributed by atoms with E-state index in [1.54, 1.807) is 16.2 Å². The first-order valence-corrected chi connectivity index (χ1v) is 9.16. The molecule has 0 aliphatic rings. The van der Waals surface area contributed by atoms with Crippen molar-refractivity contribution < 1.29 is 9.90 Å². The first-order chi connectivity index (χ1) is 13.1. The second-order valence-electron chi connectivity index (χ2n) is 8.37. The van der Waals surface area contributed by atoms with E-state index < -0.39 is 6.09 Å². The first kappa shape index (κ1) is 19.7. The molecule has 0 atom stereocenters. The Kier molecular flexibility index (Phi) is 5.02. The Labute approximate surface area is 163 Å². The second-order valence-corrected chi connectivity index (χ2v) is 8.37. The number of nitrogens with zero attached hydrogens (tertiary/aromatic N) is 4. The van der Waals surface area contributed by atoms with E-state index in [0.29, 0.717) is 18.7 Å². The number of imidazole rings is 1. The fourth-order valence-electron chi connectivity index (χ4n) is 3.23. The zero-order valence-corrected chi connectivity index (χ0v) is 16.9. The van der Waals surface area contributed by atoms with Crippen LogP contribution in [0.4, 0.5) is 4.79 Å². The fraction of sp³-hybridized carbons (Fsp3) is 0.381. The number of hydrogen-bond acceptors (Lipinski definition) is 3. The number of pyridine rings is 1. The summed E-state index contributed by atoms with van der Waals surface area (Å²) in [6.07, 6.45) is -0.972. The Morgan fingerprint density at radius 2 is 1.93 bits per heavy atom. The van der Waals surface area contributed by atoms with Gasteiger partial charge in [-0.1, -0.05) is 39.0 Å². The molecule has 28 heavy (non-hydrogen) atoms. The maximum absolute atomic E-state index is 12.7. The summed E-state index contributed by atoms with van der Waals surface area (Å²) < 4.78 is 3.34. The van der Waals surface area contributed by atoms with Gasteiger partial charge < -0.3 is 10.0 Å². The van der Waals surface area contributed by atoms with Crippen LogP contribution in [0.25, 0.3) is 22.4 Å². The van der Waals surface area contributed by atoms with Crippen molar-refractivity contribution in [2.45, 2.75) is 33.9 Å². The molecule has 1 aromatic carbocycles. The Balaban J connectivity index is 2.03. The molecule has 0 aliphatic heterocycles. The number of benzene rings is 1. The van der Waals surface area contributed by atoms with Crippen molar-refractivity contribution in [3.8, 4) is 11.3 Å². The zero-order valence-electron chi connectivity index (χ0n) is 16.9. The summed E-state index contributed by atoms with van der Waals surface area (Å²) in [5.74, 6) is 0. The highest BCUT2D eigenvalue weighted by atomic mass is 16.4. The predicted octanol–water partition coefficient (Wildman–Crippen LogP) is 3.56. The second kappa shape index (κ2) is 7.14. The topological polar surface area (TPSA) is 80.4 Å². The maximum Gasteiger partial charge on any atom is 0.407 e. The van der Waals surface area contributed by atoms with E-state index in [4.69, 9.17) is 10.1 Å². The van der Waals surface area contributed by atoms with Crippen molar-refractivity contribution in [1.29, 1.82) is 0 Å². The molecule has 1 N–H and O–H groups in total. The van der Waals surface area contributed by atoms with Crippen molar-refractivity contribution >= 4 is 17.3 Å². The summed E-state index contributed by atoms with van der Waals surface area (Å²) in [5.41, 5.74) is 3.86. The number of amides is 1. The van der Waals surface area contributed by atoms with Crippen LogP contribution in [-0.4, -0.2) is 37.3 Å². The molecular weight excluding hydrogens is 356 g/mol. The van der Waals surface area contributed by atoms with Crippen LogP contribution in [0.5, 0.6) is 0 Å². The highest BCUT2D eigenvalue weighted by Crippen LogP contribution is 2.24. The average Bonchev–Trinajstić information content (AvgIpc) is 2.85. The summed E-state index contributed by atoms with van der Waals surface area (Å²) in [5, 5.41) is 9.07. The standard InChI is InChI=1S/C21H26N4O3/c1-21(2,3)13-25-17-10-9-16(22-18(17)24(5)19(25)26)15-8-6-7-14(11-15)12-23(4)20(27)28/h6-11H,12-13H2,1-5H3,(H,27,28). The van der Waals surface area contributed by atoms with Gasteiger partial charge in [-0.2, -0.15) is 0 Å². The number of aryl methyl sites for hydroxylation is 1. The third-order valence-electron chi connectivity index (χ3n) is 4.58.